The molecular weight excluding hydrogens is 246 g/mol. The summed E-state index contributed by atoms with van der Waals surface area (Å²) in [5.41, 5.74) is 7.20. The van der Waals surface area contributed by atoms with Gasteiger partial charge in [0.2, 0.25) is 0 Å². The topological polar surface area (TPSA) is 105 Å². The monoisotopic (exact) mass is 265 g/mol. The third-order valence-electron chi connectivity index (χ3n) is 2.59. The molecule has 0 radical (unpaired) electrons. The van der Waals surface area contributed by atoms with Crippen LogP contribution in [0.25, 0.3) is 0 Å². The van der Waals surface area contributed by atoms with Gasteiger partial charge in [-0.15, -0.1) is 0 Å². The second-order valence-corrected chi connectivity index (χ2v) is 4.30. The Hall–Kier alpha value is -2.18. The first kappa shape index (κ1) is 14.9. The Bertz CT molecular complexity index is 487. The number of oxime groups is 1. The number of amides is 1. The summed E-state index contributed by atoms with van der Waals surface area (Å²) in [5, 5.41) is 19.3. The van der Waals surface area contributed by atoms with Gasteiger partial charge < -0.3 is 15.8 Å². The number of nitrogens with two attached hydrogens (primary N) is 1. The molecule has 1 rings (SSSR count). The molecule has 1 aromatic rings. The molecule has 0 saturated heterocycles. The summed E-state index contributed by atoms with van der Waals surface area (Å²) in [6, 6.07) is 1.69. The van der Waals surface area contributed by atoms with E-state index in [0.29, 0.717) is 23.5 Å². The standard InChI is InChI=1S/C12H19N5O2/c1-4-5-17(7-11(13)16-19)12(18)10-6-8(2)14-15-9(10)3/h6,19H,4-5,7H2,1-3H3,(H2,13,16). The number of aryl methyl sites for hydroxylation is 2. The van der Waals surface area contributed by atoms with Gasteiger partial charge in [-0.25, -0.2) is 0 Å². The van der Waals surface area contributed by atoms with Crippen LogP contribution in [0.4, 0.5) is 0 Å². The predicted octanol–water partition coefficient (Wildman–Crippen LogP) is 0.692. The van der Waals surface area contributed by atoms with Gasteiger partial charge in [-0.05, 0) is 26.3 Å². The fraction of sp³-hybridized carbons (Fsp3) is 0.500. The molecule has 0 spiro atoms. The Morgan fingerprint density at radius 2 is 2.16 bits per heavy atom. The van der Waals surface area contributed by atoms with Gasteiger partial charge in [-0.2, -0.15) is 10.2 Å². The van der Waals surface area contributed by atoms with Gasteiger partial charge in [0, 0.05) is 6.54 Å². The number of hydrogen-bond acceptors (Lipinski definition) is 5. The maximum absolute atomic E-state index is 12.4. The van der Waals surface area contributed by atoms with E-state index in [9.17, 15) is 4.79 Å². The van der Waals surface area contributed by atoms with E-state index in [-0.39, 0.29) is 18.3 Å². The zero-order valence-electron chi connectivity index (χ0n) is 11.4. The van der Waals surface area contributed by atoms with Crippen LogP contribution < -0.4 is 5.73 Å². The van der Waals surface area contributed by atoms with Crippen molar-refractivity contribution in [1.82, 2.24) is 15.1 Å². The minimum absolute atomic E-state index is 0.00168. The Labute approximate surface area is 112 Å². The van der Waals surface area contributed by atoms with Crippen molar-refractivity contribution < 1.29 is 10.0 Å². The molecule has 19 heavy (non-hydrogen) atoms. The largest absolute Gasteiger partial charge is 0.409 e. The van der Waals surface area contributed by atoms with E-state index in [1.54, 1.807) is 19.9 Å². The summed E-state index contributed by atoms with van der Waals surface area (Å²) >= 11 is 0. The molecule has 0 aromatic carbocycles. The first-order chi connectivity index (χ1) is 8.99. The normalized spacial score (nSPS) is 11.4. The van der Waals surface area contributed by atoms with E-state index >= 15 is 0 Å². The fourth-order valence-corrected chi connectivity index (χ4v) is 1.69. The Balaban J connectivity index is 3.01. The first-order valence-electron chi connectivity index (χ1n) is 6.06. The van der Waals surface area contributed by atoms with Crippen molar-refractivity contribution in [2.24, 2.45) is 10.9 Å². The molecule has 0 unspecified atom stereocenters. The van der Waals surface area contributed by atoms with Crippen LogP contribution in [0.2, 0.25) is 0 Å². The molecule has 0 aliphatic heterocycles. The predicted molar refractivity (Wildman–Crippen MR) is 71.1 cm³/mol. The van der Waals surface area contributed by atoms with E-state index in [1.165, 1.54) is 4.90 Å². The van der Waals surface area contributed by atoms with E-state index in [2.05, 4.69) is 15.4 Å². The number of rotatable bonds is 5. The van der Waals surface area contributed by atoms with Crippen LogP contribution in [0.15, 0.2) is 11.2 Å². The van der Waals surface area contributed by atoms with Crippen LogP contribution >= 0.6 is 0 Å². The average molecular weight is 265 g/mol. The molecule has 1 amide bonds. The Morgan fingerprint density at radius 3 is 2.74 bits per heavy atom. The molecule has 0 aliphatic rings. The van der Waals surface area contributed by atoms with Gasteiger partial charge in [0.25, 0.3) is 5.91 Å². The van der Waals surface area contributed by atoms with Crippen molar-refractivity contribution in [3.05, 3.63) is 23.0 Å². The van der Waals surface area contributed by atoms with Gasteiger partial charge in [0.05, 0.1) is 23.5 Å². The molecule has 7 nitrogen and oxygen atoms in total. The molecule has 104 valence electrons. The van der Waals surface area contributed by atoms with Crippen molar-refractivity contribution in [1.29, 1.82) is 0 Å². The summed E-state index contributed by atoms with van der Waals surface area (Å²) in [7, 11) is 0. The van der Waals surface area contributed by atoms with Crippen LogP contribution in [0, 0.1) is 13.8 Å². The van der Waals surface area contributed by atoms with Crippen LogP contribution in [0.1, 0.15) is 35.1 Å². The van der Waals surface area contributed by atoms with Crippen molar-refractivity contribution in [3.63, 3.8) is 0 Å². The maximum Gasteiger partial charge on any atom is 0.256 e. The number of amidine groups is 1. The van der Waals surface area contributed by atoms with Crippen molar-refractivity contribution >= 4 is 11.7 Å². The number of nitrogens with zero attached hydrogens (tertiary/aromatic N) is 4. The van der Waals surface area contributed by atoms with Crippen molar-refractivity contribution in [2.45, 2.75) is 27.2 Å². The third-order valence-corrected chi connectivity index (χ3v) is 2.59. The number of carbonyl (C=O) groups is 1. The molecule has 7 heteroatoms. The summed E-state index contributed by atoms with van der Waals surface area (Å²) in [6.07, 6.45) is 0.779. The molecule has 1 aromatic heterocycles. The van der Waals surface area contributed by atoms with Crippen molar-refractivity contribution in [3.8, 4) is 0 Å². The van der Waals surface area contributed by atoms with E-state index in [1.807, 2.05) is 6.92 Å². The lowest BCUT2D eigenvalue weighted by Crippen LogP contribution is -2.39. The highest BCUT2D eigenvalue weighted by atomic mass is 16.4. The molecule has 3 N–H and O–H groups in total. The summed E-state index contributed by atoms with van der Waals surface area (Å²) in [4.78, 5) is 14.0. The number of carbonyl (C=O) groups excluding carboxylic acids is 1. The average Bonchev–Trinajstić information content (AvgIpc) is 2.40. The zero-order valence-corrected chi connectivity index (χ0v) is 11.4. The maximum atomic E-state index is 12.4. The van der Waals surface area contributed by atoms with Gasteiger partial charge in [0.15, 0.2) is 5.84 Å². The summed E-state index contributed by atoms with van der Waals surface area (Å²) < 4.78 is 0. The third kappa shape index (κ3) is 3.90. The highest BCUT2D eigenvalue weighted by molar-refractivity contribution is 5.97. The fourth-order valence-electron chi connectivity index (χ4n) is 1.69. The SMILES string of the molecule is CCCN(C/C(N)=N/O)C(=O)c1cc(C)nnc1C. The first-order valence-corrected chi connectivity index (χ1v) is 6.06. The lowest BCUT2D eigenvalue weighted by molar-refractivity contribution is 0.0776. The quantitative estimate of drug-likeness (QED) is 0.353. The highest BCUT2D eigenvalue weighted by Crippen LogP contribution is 2.10. The molecule has 0 aliphatic carbocycles. The smallest absolute Gasteiger partial charge is 0.256 e. The van der Waals surface area contributed by atoms with Gasteiger partial charge in [0.1, 0.15) is 0 Å². The van der Waals surface area contributed by atoms with Gasteiger partial charge in [-0.3, -0.25) is 4.79 Å². The Kier molecular flexibility index (Phi) is 5.23. The van der Waals surface area contributed by atoms with Gasteiger partial charge >= 0.3 is 0 Å². The highest BCUT2D eigenvalue weighted by Gasteiger charge is 2.19. The molecule has 0 bridgehead atoms. The van der Waals surface area contributed by atoms with E-state index in [0.717, 1.165) is 6.42 Å². The number of aromatic nitrogens is 2. The molecule has 0 fully saturated rings. The summed E-state index contributed by atoms with van der Waals surface area (Å²) in [6.45, 7) is 6.07. The lowest BCUT2D eigenvalue weighted by Gasteiger charge is -2.22. The summed E-state index contributed by atoms with van der Waals surface area (Å²) in [5.74, 6) is -0.192. The van der Waals surface area contributed by atoms with Crippen molar-refractivity contribution in [2.75, 3.05) is 13.1 Å². The van der Waals surface area contributed by atoms with Crippen LogP contribution in [0.3, 0.4) is 0 Å². The van der Waals surface area contributed by atoms with Crippen LogP contribution in [-0.4, -0.2) is 45.1 Å². The molecule has 1 heterocycles. The van der Waals surface area contributed by atoms with Crippen LogP contribution in [-0.2, 0) is 0 Å². The van der Waals surface area contributed by atoms with E-state index < -0.39 is 0 Å². The van der Waals surface area contributed by atoms with E-state index in [4.69, 9.17) is 10.9 Å². The minimum Gasteiger partial charge on any atom is -0.409 e. The minimum atomic E-state index is -0.191. The molecule has 0 atom stereocenters. The second-order valence-electron chi connectivity index (χ2n) is 4.30. The number of hydrogen-bond donors (Lipinski definition) is 2. The van der Waals surface area contributed by atoms with Crippen LogP contribution in [0.5, 0.6) is 0 Å². The lowest BCUT2D eigenvalue weighted by atomic mass is 10.1. The second kappa shape index (κ2) is 6.67. The zero-order chi connectivity index (χ0) is 14.4. The molecular formula is C12H19N5O2. The Morgan fingerprint density at radius 1 is 1.47 bits per heavy atom. The molecule has 0 saturated carbocycles. The van der Waals surface area contributed by atoms with Gasteiger partial charge in [-0.1, -0.05) is 12.1 Å².